The topological polar surface area (TPSA) is 60.4 Å². The van der Waals surface area contributed by atoms with E-state index in [2.05, 4.69) is 11.1 Å². The van der Waals surface area contributed by atoms with Crippen LogP contribution in [-0.2, 0) is 19.1 Å². The van der Waals surface area contributed by atoms with E-state index < -0.39 is 21.3 Å². The van der Waals surface area contributed by atoms with Crippen LogP contribution in [0.1, 0.15) is 111 Å². The Balaban J connectivity index is 3.72. The van der Waals surface area contributed by atoms with Gasteiger partial charge in [-0.2, -0.15) is 8.42 Å². The lowest BCUT2D eigenvalue weighted by Gasteiger charge is -2.15. The van der Waals surface area contributed by atoms with Gasteiger partial charge in [0.1, 0.15) is 0 Å². The van der Waals surface area contributed by atoms with Gasteiger partial charge in [0.2, 0.25) is 0 Å². The lowest BCUT2D eigenvalue weighted by atomic mass is 10.0. The van der Waals surface area contributed by atoms with Crippen LogP contribution in [0.3, 0.4) is 0 Å². The average Bonchev–Trinajstić information content (AvgIpc) is 2.55. The van der Waals surface area contributed by atoms with Gasteiger partial charge in [-0.05, 0) is 12.8 Å². The third-order valence-electron chi connectivity index (χ3n) is 4.49. The van der Waals surface area contributed by atoms with Crippen molar-refractivity contribution in [2.45, 2.75) is 116 Å². The van der Waals surface area contributed by atoms with Crippen molar-refractivity contribution in [3.05, 3.63) is 0 Å². The second kappa shape index (κ2) is 14.7. The van der Waals surface area contributed by atoms with Crippen LogP contribution in [-0.4, -0.2) is 19.6 Å². The predicted molar refractivity (Wildman–Crippen MR) is 100 cm³/mol. The summed E-state index contributed by atoms with van der Waals surface area (Å²) in [5.74, 6) is -0.660. The van der Waals surface area contributed by atoms with Crippen LogP contribution < -0.4 is 0 Å². The number of unbranched alkanes of at least 4 members (excludes halogenated alkanes) is 10. The summed E-state index contributed by atoms with van der Waals surface area (Å²) >= 11 is 0. The fourth-order valence-electron chi connectivity index (χ4n) is 2.85. The van der Waals surface area contributed by atoms with Gasteiger partial charge in [-0.3, -0.25) is 4.79 Å². The van der Waals surface area contributed by atoms with Gasteiger partial charge in [-0.1, -0.05) is 91.4 Å². The van der Waals surface area contributed by atoms with Crippen LogP contribution >= 0.6 is 0 Å². The summed E-state index contributed by atoms with van der Waals surface area (Å²) in [5, 5.41) is -0.549. The van der Waals surface area contributed by atoms with Crippen molar-refractivity contribution in [2.75, 3.05) is 0 Å². The fraction of sp³-hybridized carbons (Fsp3) is 0.947. The molecule has 1 unspecified atom stereocenters. The Bertz CT molecular complexity index is 404. The monoisotopic (exact) mass is 362 g/mol. The van der Waals surface area contributed by atoms with Crippen LogP contribution in [0.4, 0.5) is 0 Å². The molecule has 0 aromatic carbocycles. The molecule has 0 aromatic rings. The van der Waals surface area contributed by atoms with E-state index in [-0.39, 0.29) is 6.42 Å². The van der Waals surface area contributed by atoms with Gasteiger partial charge in [-0.15, -0.1) is 0 Å². The van der Waals surface area contributed by atoms with E-state index in [4.69, 9.17) is 0 Å². The minimum atomic E-state index is -3.75. The highest BCUT2D eigenvalue weighted by molar-refractivity contribution is 7.87. The largest absolute Gasteiger partial charge is 0.346 e. The standard InChI is InChI=1S/C19H38O4S/c1-4-7-8-9-10-11-12-13-14-15-16-17-18(5-2)24(21,22)23-19(20)6-3/h18H,4-17H2,1-3H3. The first-order valence-corrected chi connectivity index (χ1v) is 11.4. The predicted octanol–water partition coefficient (Wildman–Crippen LogP) is 5.75. The third-order valence-corrected chi connectivity index (χ3v) is 6.29. The molecule has 0 aromatic heterocycles. The number of carbonyl (C=O) groups is 1. The summed E-state index contributed by atoms with van der Waals surface area (Å²) in [4.78, 5) is 11.2. The molecule has 24 heavy (non-hydrogen) atoms. The minimum Gasteiger partial charge on any atom is -0.346 e. The van der Waals surface area contributed by atoms with Crippen LogP contribution in [0, 0.1) is 0 Å². The van der Waals surface area contributed by atoms with E-state index in [0.29, 0.717) is 12.8 Å². The van der Waals surface area contributed by atoms with Gasteiger partial charge in [0.25, 0.3) is 0 Å². The molecular formula is C19H38O4S. The first-order chi connectivity index (χ1) is 11.5. The van der Waals surface area contributed by atoms with E-state index in [1.165, 1.54) is 57.8 Å². The van der Waals surface area contributed by atoms with Crippen molar-refractivity contribution in [3.63, 3.8) is 0 Å². The van der Waals surface area contributed by atoms with Crippen molar-refractivity contribution in [1.82, 2.24) is 0 Å². The summed E-state index contributed by atoms with van der Waals surface area (Å²) < 4.78 is 28.6. The molecule has 0 spiro atoms. The number of rotatable bonds is 16. The van der Waals surface area contributed by atoms with E-state index in [1.54, 1.807) is 6.92 Å². The third kappa shape index (κ3) is 11.9. The number of hydrogen-bond acceptors (Lipinski definition) is 4. The molecule has 0 aliphatic rings. The molecule has 0 bridgehead atoms. The highest BCUT2D eigenvalue weighted by Gasteiger charge is 2.26. The maximum Gasteiger partial charge on any atom is 0.321 e. The van der Waals surface area contributed by atoms with Gasteiger partial charge in [0.05, 0.1) is 5.25 Å². The molecule has 5 heteroatoms. The maximum absolute atomic E-state index is 12.0. The Morgan fingerprint density at radius 3 is 1.67 bits per heavy atom. The first kappa shape index (κ1) is 23.4. The normalized spacial score (nSPS) is 13.0. The molecule has 0 saturated heterocycles. The van der Waals surface area contributed by atoms with Gasteiger partial charge in [0.15, 0.2) is 0 Å². The van der Waals surface area contributed by atoms with Crippen molar-refractivity contribution < 1.29 is 17.4 Å². The molecule has 0 aliphatic heterocycles. The molecule has 0 aliphatic carbocycles. The Kier molecular flexibility index (Phi) is 14.4. The summed E-state index contributed by atoms with van der Waals surface area (Å²) in [6.45, 7) is 5.67. The number of hydrogen-bond donors (Lipinski definition) is 0. The molecule has 144 valence electrons. The highest BCUT2D eigenvalue weighted by atomic mass is 32.2. The first-order valence-electron chi connectivity index (χ1n) is 9.94. The van der Waals surface area contributed by atoms with E-state index >= 15 is 0 Å². The molecule has 0 fully saturated rings. The average molecular weight is 363 g/mol. The van der Waals surface area contributed by atoms with Crippen LogP contribution in [0.25, 0.3) is 0 Å². The van der Waals surface area contributed by atoms with Crippen molar-refractivity contribution in [2.24, 2.45) is 0 Å². The molecule has 0 amide bonds. The van der Waals surface area contributed by atoms with E-state index in [0.717, 1.165) is 12.8 Å². The van der Waals surface area contributed by atoms with Crippen LogP contribution in [0.5, 0.6) is 0 Å². The molecule has 0 radical (unpaired) electrons. The van der Waals surface area contributed by atoms with Crippen LogP contribution in [0.2, 0.25) is 0 Å². The summed E-state index contributed by atoms with van der Waals surface area (Å²) in [6.07, 6.45) is 14.9. The van der Waals surface area contributed by atoms with E-state index in [9.17, 15) is 13.2 Å². The second-order valence-electron chi connectivity index (χ2n) is 6.66. The van der Waals surface area contributed by atoms with E-state index in [1.807, 2.05) is 6.92 Å². The molecular weight excluding hydrogens is 324 g/mol. The zero-order valence-corrected chi connectivity index (χ0v) is 16.8. The molecule has 0 heterocycles. The van der Waals surface area contributed by atoms with Gasteiger partial charge in [-0.25, -0.2) is 0 Å². The molecule has 0 saturated carbocycles. The summed E-state index contributed by atoms with van der Waals surface area (Å²) in [6, 6.07) is 0. The van der Waals surface area contributed by atoms with Crippen molar-refractivity contribution in [1.29, 1.82) is 0 Å². The van der Waals surface area contributed by atoms with Gasteiger partial charge >= 0.3 is 16.1 Å². The lowest BCUT2D eigenvalue weighted by Crippen LogP contribution is -2.25. The lowest BCUT2D eigenvalue weighted by molar-refractivity contribution is -0.133. The minimum absolute atomic E-state index is 0.0914. The van der Waals surface area contributed by atoms with Crippen LogP contribution in [0.15, 0.2) is 0 Å². The Morgan fingerprint density at radius 2 is 1.25 bits per heavy atom. The number of carbonyl (C=O) groups excluding carboxylic acids is 1. The van der Waals surface area contributed by atoms with Crippen molar-refractivity contribution >= 4 is 16.1 Å². The zero-order valence-electron chi connectivity index (χ0n) is 16.0. The highest BCUT2D eigenvalue weighted by Crippen LogP contribution is 2.18. The second-order valence-corrected chi connectivity index (χ2v) is 8.48. The quantitative estimate of drug-likeness (QED) is 0.259. The Labute approximate surface area is 149 Å². The summed E-state index contributed by atoms with van der Waals surface area (Å²) in [5.41, 5.74) is 0. The van der Waals surface area contributed by atoms with Gasteiger partial charge < -0.3 is 4.18 Å². The molecule has 0 rings (SSSR count). The molecule has 1 atom stereocenters. The molecule has 4 nitrogen and oxygen atoms in total. The van der Waals surface area contributed by atoms with Crippen molar-refractivity contribution in [3.8, 4) is 0 Å². The fourth-order valence-corrected chi connectivity index (χ4v) is 4.22. The summed E-state index contributed by atoms with van der Waals surface area (Å²) in [7, 11) is -3.75. The zero-order chi connectivity index (χ0) is 18.3. The molecule has 0 N–H and O–H groups in total. The van der Waals surface area contributed by atoms with Gasteiger partial charge in [0, 0.05) is 6.42 Å². The SMILES string of the molecule is CCCCCCCCCCCCCC(CC)S(=O)(=O)OC(=O)CC. The Hall–Kier alpha value is -0.580. The maximum atomic E-state index is 12.0. The Morgan fingerprint density at radius 1 is 0.792 bits per heavy atom. The smallest absolute Gasteiger partial charge is 0.321 e.